The van der Waals surface area contributed by atoms with E-state index in [9.17, 15) is 0 Å². The Labute approximate surface area is 184 Å². The van der Waals surface area contributed by atoms with Gasteiger partial charge in [0.05, 0.1) is 18.4 Å². The van der Waals surface area contributed by atoms with Crippen LogP contribution < -0.4 is 15.2 Å². The minimum atomic E-state index is 0.0955. The second kappa shape index (κ2) is 8.50. The van der Waals surface area contributed by atoms with Crippen LogP contribution in [0.3, 0.4) is 0 Å². The number of thiazole rings is 1. The number of nitrogens with one attached hydrogen (secondary N) is 1. The summed E-state index contributed by atoms with van der Waals surface area (Å²) in [6.07, 6.45) is 0. The van der Waals surface area contributed by atoms with Crippen molar-refractivity contribution in [1.82, 2.24) is 4.98 Å². The second-order valence-electron chi connectivity index (χ2n) is 6.77. The number of fused-ring (bicyclic) bond motifs is 1. The lowest BCUT2D eigenvalue weighted by atomic mass is 10.1. The van der Waals surface area contributed by atoms with Crippen molar-refractivity contribution in [2.45, 2.75) is 13.8 Å². The van der Waals surface area contributed by atoms with Gasteiger partial charge in [-0.05, 0) is 50.2 Å². The van der Waals surface area contributed by atoms with Gasteiger partial charge in [0.25, 0.3) is 0 Å². The van der Waals surface area contributed by atoms with Crippen LogP contribution in [0.4, 0.5) is 5.69 Å². The first kappa shape index (κ1) is 20.4. The van der Waals surface area contributed by atoms with Crippen LogP contribution in [0, 0.1) is 5.41 Å². The maximum atomic E-state index is 8.42. The third-order valence-corrected chi connectivity index (χ3v) is 6.16. The zero-order chi connectivity index (χ0) is 21.3. The summed E-state index contributed by atoms with van der Waals surface area (Å²) in [5, 5.41) is 12.6. The molecule has 2 aromatic carbocycles. The van der Waals surface area contributed by atoms with E-state index in [0.717, 1.165) is 40.4 Å². The zero-order valence-electron chi connectivity index (χ0n) is 17.0. The highest BCUT2D eigenvalue weighted by molar-refractivity contribution is 7.13. The standard InChI is InChI=1S/C23H22ClN3O2S/c1-4-27(5-2)16-8-6-14-10-18(22(25)29-21(14)12-16)23-26-19(13-30-23)17-11-15(24)7-9-20(17)28-3/h6-13,25H,4-5H2,1-3H3. The summed E-state index contributed by atoms with van der Waals surface area (Å²) >= 11 is 7.63. The van der Waals surface area contributed by atoms with E-state index in [-0.39, 0.29) is 5.55 Å². The number of benzene rings is 2. The van der Waals surface area contributed by atoms with Crippen molar-refractivity contribution in [3.05, 3.63) is 58.4 Å². The molecule has 0 aliphatic carbocycles. The number of rotatable bonds is 6. The van der Waals surface area contributed by atoms with Gasteiger partial charge in [-0.3, -0.25) is 5.41 Å². The van der Waals surface area contributed by atoms with Gasteiger partial charge in [-0.2, -0.15) is 0 Å². The molecule has 0 saturated carbocycles. The van der Waals surface area contributed by atoms with Gasteiger partial charge in [0.1, 0.15) is 16.3 Å². The fourth-order valence-corrected chi connectivity index (χ4v) is 4.47. The molecule has 2 aromatic heterocycles. The van der Waals surface area contributed by atoms with Crippen LogP contribution in [0.15, 0.2) is 52.3 Å². The van der Waals surface area contributed by atoms with Gasteiger partial charge in [0.15, 0.2) is 0 Å². The molecule has 0 fully saturated rings. The molecule has 0 atom stereocenters. The average molecular weight is 440 g/mol. The molecule has 0 aliphatic heterocycles. The van der Waals surface area contributed by atoms with Crippen molar-refractivity contribution in [2.24, 2.45) is 0 Å². The Morgan fingerprint density at radius 1 is 1.10 bits per heavy atom. The number of hydrogen-bond donors (Lipinski definition) is 1. The molecule has 0 aliphatic rings. The number of aromatic nitrogens is 1. The molecule has 1 N–H and O–H groups in total. The Kier molecular flexibility index (Phi) is 5.79. The summed E-state index contributed by atoms with van der Waals surface area (Å²) < 4.78 is 11.3. The van der Waals surface area contributed by atoms with Gasteiger partial charge in [-0.1, -0.05) is 11.6 Å². The number of hydrogen-bond acceptors (Lipinski definition) is 6. The lowest BCUT2D eigenvalue weighted by Gasteiger charge is -2.21. The number of ether oxygens (including phenoxy) is 1. The van der Waals surface area contributed by atoms with Gasteiger partial charge in [0.2, 0.25) is 5.55 Å². The van der Waals surface area contributed by atoms with Gasteiger partial charge in [-0.15, -0.1) is 11.3 Å². The van der Waals surface area contributed by atoms with Crippen molar-refractivity contribution >= 4 is 39.6 Å². The summed E-state index contributed by atoms with van der Waals surface area (Å²) in [5.74, 6) is 0.703. The molecule has 0 bridgehead atoms. The van der Waals surface area contributed by atoms with Crippen molar-refractivity contribution in [3.63, 3.8) is 0 Å². The fourth-order valence-electron chi connectivity index (χ4n) is 3.46. The molecule has 0 amide bonds. The molecule has 7 heteroatoms. The molecule has 4 rings (SSSR count). The summed E-state index contributed by atoms with van der Waals surface area (Å²) in [4.78, 5) is 6.98. The highest BCUT2D eigenvalue weighted by atomic mass is 35.5. The molecular formula is C23H22ClN3O2S. The van der Waals surface area contributed by atoms with Crippen molar-refractivity contribution in [3.8, 4) is 27.6 Å². The molecule has 0 spiro atoms. The minimum Gasteiger partial charge on any atom is -0.496 e. The van der Waals surface area contributed by atoms with E-state index in [4.69, 9.17) is 31.1 Å². The number of nitrogens with zero attached hydrogens (tertiary/aromatic N) is 2. The largest absolute Gasteiger partial charge is 0.496 e. The first-order chi connectivity index (χ1) is 14.5. The van der Waals surface area contributed by atoms with Gasteiger partial charge >= 0.3 is 0 Å². The van der Waals surface area contributed by atoms with Gasteiger partial charge in [-0.25, -0.2) is 4.98 Å². The van der Waals surface area contributed by atoms with E-state index >= 15 is 0 Å². The maximum Gasteiger partial charge on any atom is 0.222 e. The van der Waals surface area contributed by atoms with Crippen molar-refractivity contribution in [2.75, 3.05) is 25.1 Å². The number of methoxy groups -OCH3 is 1. The van der Waals surface area contributed by atoms with Gasteiger partial charge < -0.3 is 14.1 Å². The van der Waals surface area contributed by atoms with Crippen LogP contribution in [0.25, 0.3) is 32.8 Å². The topological polar surface area (TPSA) is 62.4 Å². The molecule has 2 heterocycles. The maximum absolute atomic E-state index is 8.42. The molecule has 0 unspecified atom stereocenters. The molecular weight excluding hydrogens is 418 g/mol. The third-order valence-electron chi connectivity index (χ3n) is 5.05. The highest BCUT2D eigenvalue weighted by Gasteiger charge is 2.15. The van der Waals surface area contributed by atoms with E-state index in [0.29, 0.717) is 21.9 Å². The third kappa shape index (κ3) is 3.80. The second-order valence-corrected chi connectivity index (χ2v) is 8.06. The van der Waals surface area contributed by atoms with Crippen LogP contribution >= 0.6 is 22.9 Å². The van der Waals surface area contributed by atoms with Crippen LogP contribution in [-0.2, 0) is 0 Å². The van der Waals surface area contributed by atoms with Crippen LogP contribution in [0.2, 0.25) is 5.02 Å². The fraction of sp³-hybridized carbons (Fsp3) is 0.217. The summed E-state index contributed by atoms with van der Waals surface area (Å²) in [5.41, 5.74) is 4.12. The normalized spacial score (nSPS) is 11.1. The summed E-state index contributed by atoms with van der Waals surface area (Å²) in [6.45, 7) is 6.09. The van der Waals surface area contributed by atoms with Gasteiger partial charge in [0, 0.05) is 46.2 Å². The Morgan fingerprint density at radius 3 is 2.63 bits per heavy atom. The summed E-state index contributed by atoms with van der Waals surface area (Å²) in [7, 11) is 1.62. The first-order valence-electron chi connectivity index (χ1n) is 9.71. The molecule has 5 nitrogen and oxygen atoms in total. The Hall–Kier alpha value is -2.83. The first-order valence-corrected chi connectivity index (χ1v) is 11.0. The molecule has 30 heavy (non-hydrogen) atoms. The number of anilines is 1. The molecule has 4 aromatic rings. The summed E-state index contributed by atoms with van der Waals surface area (Å²) in [6, 6.07) is 13.5. The van der Waals surface area contributed by atoms with Crippen LogP contribution in [0.1, 0.15) is 13.8 Å². The predicted molar refractivity (Wildman–Crippen MR) is 124 cm³/mol. The lowest BCUT2D eigenvalue weighted by molar-refractivity contribution is 0.416. The van der Waals surface area contributed by atoms with E-state index in [1.807, 2.05) is 35.7 Å². The van der Waals surface area contributed by atoms with Crippen molar-refractivity contribution in [1.29, 1.82) is 5.41 Å². The highest BCUT2D eigenvalue weighted by Crippen LogP contribution is 2.35. The smallest absolute Gasteiger partial charge is 0.222 e. The van der Waals surface area contributed by atoms with E-state index < -0.39 is 0 Å². The quantitative estimate of drug-likeness (QED) is 0.388. The molecule has 0 saturated heterocycles. The lowest BCUT2D eigenvalue weighted by Crippen LogP contribution is -2.21. The molecule has 0 radical (unpaired) electrons. The van der Waals surface area contributed by atoms with Crippen molar-refractivity contribution < 1.29 is 9.15 Å². The van der Waals surface area contributed by atoms with Crippen LogP contribution in [-0.4, -0.2) is 25.2 Å². The van der Waals surface area contributed by atoms with E-state index in [1.165, 1.54) is 11.3 Å². The number of halogens is 1. The minimum absolute atomic E-state index is 0.0955. The predicted octanol–water partition coefficient (Wildman–Crippen LogP) is 6.21. The van der Waals surface area contributed by atoms with E-state index in [2.05, 4.69) is 24.8 Å². The monoisotopic (exact) mass is 439 g/mol. The SMILES string of the molecule is CCN(CC)c1ccc2cc(-c3nc(-c4cc(Cl)ccc4OC)cs3)c(=N)oc2c1. The van der Waals surface area contributed by atoms with Crippen LogP contribution in [0.5, 0.6) is 5.75 Å². The Bertz CT molecular complexity index is 1260. The Balaban J connectivity index is 1.76. The van der Waals surface area contributed by atoms with E-state index in [1.54, 1.807) is 13.2 Å². The zero-order valence-corrected chi connectivity index (χ0v) is 18.6. The average Bonchev–Trinajstić information content (AvgIpc) is 3.24. The Morgan fingerprint density at radius 2 is 1.90 bits per heavy atom. The molecule has 154 valence electrons.